The monoisotopic (exact) mass is 470 g/mol. The molecule has 10 heteroatoms. The lowest BCUT2D eigenvalue weighted by atomic mass is 10.1. The fourth-order valence-corrected chi connectivity index (χ4v) is 4.37. The van der Waals surface area contributed by atoms with E-state index in [1.165, 1.54) is 31.3 Å². The summed E-state index contributed by atoms with van der Waals surface area (Å²) in [6, 6.07) is 6.68. The van der Waals surface area contributed by atoms with Gasteiger partial charge in [-0.1, -0.05) is 6.07 Å². The quantitative estimate of drug-likeness (QED) is 0.599. The van der Waals surface area contributed by atoms with Crippen LogP contribution in [0.5, 0.6) is 0 Å². The van der Waals surface area contributed by atoms with Crippen LogP contribution < -0.4 is 16.0 Å². The van der Waals surface area contributed by atoms with Crippen molar-refractivity contribution in [3.05, 3.63) is 59.4 Å². The highest BCUT2D eigenvalue weighted by Gasteiger charge is 2.26. The molecule has 1 aromatic carbocycles. The molecule has 2 heterocycles. The number of Topliss-reactive ketones (excluding diaryl/α,β-unsaturated/α-hetero) is 1. The van der Waals surface area contributed by atoms with Crippen LogP contribution in [0.15, 0.2) is 47.6 Å². The molecule has 0 saturated carbocycles. The number of carbonyl (C=O) groups excluding carboxylic acids is 4. The zero-order valence-corrected chi connectivity index (χ0v) is 19.2. The molecule has 0 saturated heterocycles. The highest BCUT2D eigenvalue weighted by atomic mass is 32.2. The van der Waals surface area contributed by atoms with Crippen molar-refractivity contribution in [1.29, 1.82) is 0 Å². The minimum absolute atomic E-state index is 0.153. The van der Waals surface area contributed by atoms with Crippen LogP contribution in [0.3, 0.4) is 0 Å². The van der Waals surface area contributed by atoms with Gasteiger partial charge in [0.2, 0.25) is 11.8 Å². The summed E-state index contributed by atoms with van der Waals surface area (Å²) in [6.07, 6.45) is 3.19. The number of hydrogen-bond acceptors (Lipinski definition) is 7. The molecule has 1 aliphatic rings. The first kappa shape index (κ1) is 24.4. The van der Waals surface area contributed by atoms with Crippen molar-refractivity contribution in [3.8, 4) is 0 Å². The van der Waals surface area contributed by atoms with Gasteiger partial charge in [-0.15, -0.1) is 11.8 Å². The lowest BCUT2D eigenvalue weighted by Crippen LogP contribution is -2.49. The Morgan fingerprint density at radius 2 is 1.91 bits per heavy atom. The molecule has 2 unspecified atom stereocenters. The van der Waals surface area contributed by atoms with Gasteiger partial charge in [-0.3, -0.25) is 24.2 Å². The van der Waals surface area contributed by atoms with Crippen LogP contribution in [0.25, 0.3) is 0 Å². The zero-order valence-electron chi connectivity index (χ0n) is 18.4. The number of amides is 3. The van der Waals surface area contributed by atoms with Gasteiger partial charge in [-0.05, 0) is 42.3 Å². The average molecular weight is 471 g/mol. The van der Waals surface area contributed by atoms with Gasteiger partial charge in [0, 0.05) is 42.1 Å². The first-order chi connectivity index (χ1) is 15.9. The predicted octanol–water partition coefficient (Wildman–Crippen LogP) is 1.17. The summed E-state index contributed by atoms with van der Waals surface area (Å²) < 4.78 is 4.99. The van der Waals surface area contributed by atoms with Crippen LogP contribution in [-0.4, -0.2) is 60.5 Å². The van der Waals surface area contributed by atoms with Gasteiger partial charge in [-0.25, -0.2) is 0 Å². The summed E-state index contributed by atoms with van der Waals surface area (Å²) in [5.41, 5.74) is 1.84. The van der Waals surface area contributed by atoms with Crippen molar-refractivity contribution in [2.75, 3.05) is 26.0 Å². The summed E-state index contributed by atoms with van der Waals surface area (Å²) in [5.74, 6) is -1.36. The van der Waals surface area contributed by atoms with Gasteiger partial charge in [0.25, 0.3) is 5.91 Å². The number of fused-ring (bicyclic) bond motifs is 2. The molecule has 1 aromatic heterocycles. The van der Waals surface area contributed by atoms with Crippen molar-refractivity contribution in [1.82, 2.24) is 20.9 Å². The lowest BCUT2D eigenvalue weighted by Gasteiger charge is -2.22. The minimum atomic E-state index is -1.02. The number of methoxy groups -OCH3 is 1. The number of ketones is 1. The van der Waals surface area contributed by atoms with Crippen LogP contribution in [0.4, 0.5) is 0 Å². The van der Waals surface area contributed by atoms with Crippen LogP contribution in [0, 0.1) is 6.92 Å². The first-order valence-electron chi connectivity index (χ1n) is 10.4. The molecule has 2 bridgehead atoms. The molecule has 0 aliphatic carbocycles. The number of nitrogens with zero attached hydrogens (tertiary/aromatic N) is 1. The number of carbonyl (C=O) groups is 4. The third kappa shape index (κ3) is 6.62. The first-order valence-corrected chi connectivity index (χ1v) is 11.4. The number of hydrogen-bond donors (Lipinski definition) is 3. The molecule has 3 rings (SSSR count). The maximum Gasteiger partial charge on any atom is 0.252 e. The van der Waals surface area contributed by atoms with Crippen molar-refractivity contribution in [2.24, 2.45) is 0 Å². The summed E-state index contributed by atoms with van der Waals surface area (Å²) in [7, 11) is 1.50. The topological polar surface area (TPSA) is 126 Å². The van der Waals surface area contributed by atoms with Gasteiger partial charge in [0.05, 0.1) is 19.2 Å². The molecule has 174 valence electrons. The van der Waals surface area contributed by atoms with Crippen molar-refractivity contribution < 1.29 is 23.9 Å². The zero-order chi connectivity index (χ0) is 23.8. The molecule has 2 aromatic rings. The van der Waals surface area contributed by atoms with Gasteiger partial charge >= 0.3 is 0 Å². The van der Waals surface area contributed by atoms with E-state index >= 15 is 0 Å². The molecule has 3 amide bonds. The Morgan fingerprint density at radius 1 is 1.15 bits per heavy atom. The summed E-state index contributed by atoms with van der Waals surface area (Å²) in [6.45, 7) is 1.81. The molecule has 2 atom stereocenters. The van der Waals surface area contributed by atoms with Crippen molar-refractivity contribution >= 4 is 35.3 Å². The third-order valence-electron chi connectivity index (χ3n) is 5.13. The Kier molecular flexibility index (Phi) is 8.56. The number of benzene rings is 1. The Morgan fingerprint density at radius 3 is 2.64 bits per heavy atom. The van der Waals surface area contributed by atoms with E-state index in [0.717, 1.165) is 10.5 Å². The van der Waals surface area contributed by atoms with Crippen molar-refractivity contribution in [2.45, 2.75) is 30.3 Å². The fourth-order valence-electron chi connectivity index (χ4n) is 3.25. The summed E-state index contributed by atoms with van der Waals surface area (Å²) in [4.78, 5) is 55.8. The number of thioether (sulfide) groups is 1. The van der Waals surface area contributed by atoms with E-state index in [1.807, 2.05) is 13.0 Å². The normalized spacial score (nSPS) is 19.6. The maximum absolute atomic E-state index is 13.0. The third-order valence-corrected chi connectivity index (χ3v) is 6.38. The minimum Gasteiger partial charge on any atom is -0.384 e. The lowest BCUT2D eigenvalue weighted by molar-refractivity contribution is -0.129. The molecular weight excluding hydrogens is 444 g/mol. The fraction of sp³-hybridized carbons (Fsp3) is 0.348. The van der Waals surface area contributed by atoms with E-state index in [9.17, 15) is 19.2 Å². The largest absolute Gasteiger partial charge is 0.384 e. The molecule has 0 radical (unpaired) electrons. The second-order valence-corrected chi connectivity index (χ2v) is 8.59. The van der Waals surface area contributed by atoms with Crippen LogP contribution in [0.1, 0.15) is 33.9 Å². The second-order valence-electron chi connectivity index (χ2n) is 7.53. The van der Waals surface area contributed by atoms with Crippen LogP contribution >= 0.6 is 11.8 Å². The highest BCUT2D eigenvalue weighted by molar-refractivity contribution is 7.99. The van der Waals surface area contributed by atoms with E-state index in [4.69, 9.17) is 4.74 Å². The molecular formula is C23H26N4O5S. The number of rotatable bonds is 5. The Balaban J connectivity index is 1.93. The van der Waals surface area contributed by atoms with E-state index in [0.29, 0.717) is 11.1 Å². The Bertz CT molecular complexity index is 1030. The second kappa shape index (κ2) is 11.6. The number of aryl methyl sites for hydroxylation is 1. The number of nitrogens with one attached hydrogen (secondary N) is 3. The highest BCUT2D eigenvalue weighted by Crippen LogP contribution is 2.25. The molecule has 3 N–H and O–H groups in total. The maximum atomic E-state index is 13.0. The van der Waals surface area contributed by atoms with Crippen molar-refractivity contribution in [3.63, 3.8) is 0 Å². The van der Waals surface area contributed by atoms with E-state index in [-0.39, 0.29) is 31.1 Å². The molecule has 33 heavy (non-hydrogen) atoms. The van der Waals surface area contributed by atoms with Gasteiger partial charge in [-0.2, -0.15) is 0 Å². The number of pyridine rings is 1. The molecule has 0 fully saturated rings. The van der Waals surface area contributed by atoms with Crippen LogP contribution in [0.2, 0.25) is 0 Å². The van der Waals surface area contributed by atoms with Gasteiger partial charge in [0.15, 0.2) is 5.78 Å². The van der Waals surface area contributed by atoms with Gasteiger partial charge < -0.3 is 20.7 Å². The van der Waals surface area contributed by atoms with E-state index in [1.54, 1.807) is 24.3 Å². The molecule has 9 nitrogen and oxygen atoms in total. The van der Waals surface area contributed by atoms with E-state index < -0.39 is 29.8 Å². The average Bonchev–Trinajstić information content (AvgIpc) is 2.82. The Labute approximate surface area is 196 Å². The van der Waals surface area contributed by atoms with E-state index in [2.05, 4.69) is 20.9 Å². The molecule has 1 aliphatic heterocycles. The number of ether oxygens (including phenoxy) is 1. The SMILES string of the molecule is COCCC(=O)C1CSc2cc(ccc2C)C(=O)NC(c2ccncc2)C(=O)NCC(=O)N1. The standard InChI is InChI=1S/C23H26N4O5S/c1-14-3-4-16-11-19(14)33-13-17(18(28)7-10-32-2)26-20(29)12-25-23(31)21(27-22(16)30)15-5-8-24-9-6-15/h3-6,8-9,11,17,21H,7,10,12-13H2,1-2H3,(H,25,31)(H,26,29)(H,27,30). The van der Waals surface area contributed by atoms with Gasteiger partial charge in [0.1, 0.15) is 6.04 Å². The van der Waals surface area contributed by atoms with Crippen LogP contribution in [-0.2, 0) is 19.1 Å². The number of aromatic nitrogens is 1. The molecule has 0 spiro atoms. The summed E-state index contributed by atoms with van der Waals surface area (Å²) >= 11 is 1.38. The smallest absolute Gasteiger partial charge is 0.252 e. The summed E-state index contributed by atoms with van der Waals surface area (Å²) in [5, 5.41) is 8.00. The predicted molar refractivity (Wildman–Crippen MR) is 123 cm³/mol. The Hall–Kier alpha value is -3.24.